The molecule has 0 radical (unpaired) electrons. The third-order valence-electron chi connectivity index (χ3n) is 5.04. The fourth-order valence-corrected chi connectivity index (χ4v) is 3.58. The molecule has 9 nitrogen and oxygen atoms in total. The van der Waals surface area contributed by atoms with Gasteiger partial charge in [0.05, 0.1) is 13.2 Å². The zero-order valence-corrected chi connectivity index (χ0v) is 16.8. The number of hydrogen-bond donors (Lipinski definition) is 1. The van der Waals surface area contributed by atoms with Crippen LogP contribution < -0.4 is 9.80 Å². The lowest BCUT2D eigenvalue weighted by molar-refractivity contribution is -0.128. The predicted molar refractivity (Wildman–Crippen MR) is 109 cm³/mol. The van der Waals surface area contributed by atoms with Crippen LogP contribution in [0.5, 0.6) is 5.75 Å². The molecule has 0 bridgehead atoms. The van der Waals surface area contributed by atoms with Crippen LogP contribution in [-0.4, -0.2) is 89.2 Å². The lowest BCUT2D eigenvalue weighted by Crippen LogP contribution is -2.49. The number of carbonyl (C=O) groups excluding carboxylic acids is 1. The third kappa shape index (κ3) is 4.51. The molecule has 0 aliphatic carbocycles. The summed E-state index contributed by atoms with van der Waals surface area (Å²) < 4.78 is 5.44. The fraction of sp³-hybridized carbons (Fsp3) is 0.474. The highest BCUT2D eigenvalue weighted by Crippen LogP contribution is 2.25. The number of phenolic OH excluding ortho intramolecular Hbond substituents is 1. The predicted octanol–water partition coefficient (Wildman–Crippen LogP) is 0.968. The largest absolute Gasteiger partial charge is 0.508 e. The number of aromatic nitrogens is 3. The number of morpholine rings is 1. The smallest absolute Gasteiger partial charge is 0.237 e. The molecule has 1 aromatic carbocycles. The highest BCUT2D eigenvalue weighted by Gasteiger charge is 2.24. The van der Waals surface area contributed by atoms with Gasteiger partial charge in [0.25, 0.3) is 0 Å². The average molecular weight is 419 g/mol. The minimum absolute atomic E-state index is 0.00537. The van der Waals surface area contributed by atoms with Gasteiger partial charge < -0.3 is 24.5 Å². The minimum Gasteiger partial charge on any atom is -0.508 e. The number of carbonyl (C=O) groups is 1. The summed E-state index contributed by atoms with van der Waals surface area (Å²) in [4.78, 5) is 31.7. The van der Waals surface area contributed by atoms with E-state index in [1.54, 1.807) is 23.1 Å². The molecule has 1 N–H and O–H groups in total. The van der Waals surface area contributed by atoms with Gasteiger partial charge in [0.2, 0.25) is 17.8 Å². The van der Waals surface area contributed by atoms with Gasteiger partial charge in [0.15, 0.2) is 5.82 Å². The molecule has 0 unspecified atom stereocenters. The first-order valence-electron chi connectivity index (χ1n) is 9.61. The van der Waals surface area contributed by atoms with Crippen molar-refractivity contribution in [1.82, 2.24) is 19.9 Å². The number of benzene rings is 1. The van der Waals surface area contributed by atoms with Crippen molar-refractivity contribution in [2.24, 2.45) is 0 Å². The molecule has 2 fully saturated rings. The number of halogens is 1. The van der Waals surface area contributed by atoms with Gasteiger partial charge >= 0.3 is 0 Å². The van der Waals surface area contributed by atoms with Crippen LogP contribution in [0.15, 0.2) is 24.3 Å². The van der Waals surface area contributed by atoms with E-state index >= 15 is 0 Å². The summed E-state index contributed by atoms with van der Waals surface area (Å²) in [5.74, 6) is 1.76. The summed E-state index contributed by atoms with van der Waals surface area (Å²) in [6.45, 7) is 5.06. The van der Waals surface area contributed by atoms with Crippen molar-refractivity contribution in [3.05, 3.63) is 24.3 Å². The Morgan fingerprint density at radius 1 is 1.00 bits per heavy atom. The fourth-order valence-electron chi connectivity index (χ4n) is 3.41. The summed E-state index contributed by atoms with van der Waals surface area (Å²) in [6, 6.07) is 6.87. The molecule has 2 saturated heterocycles. The zero-order chi connectivity index (χ0) is 20.2. The number of aromatic hydroxyl groups is 1. The normalized spacial score (nSPS) is 17.5. The van der Waals surface area contributed by atoms with E-state index in [1.165, 1.54) is 0 Å². The van der Waals surface area contributed by atoms with Crippen LogP contribution in [0.25, 0.3) is 11.4 Å². The first-order chi connectivity index (χ1) is 14.1. The van der Waals surface area contributed by atoms with Crippen molar-refractivity contribution < 1.29 is 14.6 Å². The van der Waals surface area contributed by atoms with Crippen LogP contribution in [0.3, 0.4) is 0 Å². The molecule has 2 aliphatic heterocycles. The summed E-state index contributed by atoms with van der Waals surface area (Å²) >= 11 is 5.67. The molecule has 2 aliphatic rings. The van der Waals surface area contributed by atoms with E-state index in [1.807, 2.05) is 6.07 Å². The number of alkyl halides is 1. The summed E-state index contributed by atoms with van der Waals surface area (Å²) in [7, 11) is 0. The Labute approximate surface area is 173 Å². The molecule has 154 valence electrons. The number of phenols is 1. The van der Waals surface area contributed by atoms with E-state index in [0.29, 0.717) is 70.2 Å². The Morgan fingerprint density at radius 2 is 1.66 bits per heavy atom. The quantitative estimate of drug-likeness (QED) is 0.734. The van der Waals surface area contributed by atoms with E-state index < -0.39 is 0 Å². The lowest BCUT2D eigenvalue weighted by atomic mass is 10.2. The molecule has 0 atom stereocenters. The van der Waals surface area contributed by atoms with Gasteiger partial charge in [-0.3, -0.25) is 4.79 Å². The number of rotatable bonds is 4. The first-order valence-corrected chi connectivity index (χ1v) is 10.1. The second-order valence-corrected chi connectivity index (χ2v) is 7.18. The van der Waals surface area contributed by atoms with Crippen LogP contribution in [0.1, 0.15) is 0 Å². The van der Waals surface area contributed by atoms with Crippen molar-refractivity contribution in [3.63, 3.8) is 0 Å². The maximum absolute atomic E-state index is 11.8. The van der Waals surface area contributed by atoms with Crippen molar-refractivity contribution in [3.8, 4) is 17.1 Å². The molecule has 0 saturated carbocycles. The Kier molecular flexibility index (Phi) is 5.96. The summed E-state index contributed by atoms with van der Waals surface area (Å²) in [6.07, 6.45) is 0. The zero-order valence-electron chi connectivity index (χ0n) is 16.0. The summed E-state index contributed by atoms with van der Waals surface area (Å²) in [5, 5.41) is 9.86. The SMILES string of the molecule is O=C(CCl)N1CCN(c2nc(-c3cccc(O)c3)nc(N3CCOCC3)n2)CC1. The van der Waals surface area contributed by atoms with Crippen LogP contribution in [-0.2, 0) is 9.53 Å². The Bertz CT molecular complexity index is 869. The molecule has 10 heteroatoms. The molecule has 2 aromatic rings. The minimum atomic E-state index is -0.0589. The Hall–Kier alpha value is -2.65. The first kappa shape index (κ1) is 19.7. The highest BCUT2D eigenvalue weighted by atomic mass is 35.5. The van der Waals surface area contributed by atoms with E-state index in [9.17, 15) is 9.90 Å². The monoisotopic (exact) mass is 418 g/mol. The molecule has 3 heterocycles. The molecule has 4 rings (SSSR count). The van der Waals surface area contributed by atoms with Gasteiger partial charge in [-0.05, 0) is 12.1 Å². The molecular formula is C19H23ClN6O3. The molecule has 29 heavy (non-hydrogen) atoms. The lowest BCUT2D eigenvalue weighted by Gasteiger charge is -2.35. The van der Waals surface area contributed by atoms with Crippen LogP contribution in [0.2, 0.25) is 0 Å². The number of hydrogen-bond acceptors (Lipinski definition) is 8. The van der Waals surface area contributed by atoms with Crippen molar-refractivity contribution in [1.29, 1.82) is 0 Å². The van der Waals surface area contributed by atoms with E-state index in [2.05, 4.69) is 19.8 Å². The van der Waals surface area contributed by atoms with Gasteiger partial charge in [0.1, 0.15) is 11.6 Å². The molecule has 1 amide bonds. The molecule has 0 spiro atoms. The maximum atomic E-state index is 11.8. The van der Waals surface area contributed by atoms with Crippen LogP contribution >= 0.6 is 11.6 Å². The average Bonchev–Trinajstić information content (AvgIpc) is 2.79. The topological polar surface area (TPSA) is 94.9 Å². The van der Waals surface area contributed by atoms with Gasteiger partial charge in [-0.2, -0.15) is 15.0 Å². The van der Waals surface area contributed by atoms with Crippen LogP contribution in [0.4, 0.5) is 11.9 Å². The van der Waals surface area contributed by atoms with E-state index in [-0.39, 0.29) is 17.5 Å². The van der Waals surface area contributed by atoms with Gasteiger partial charge in [-0.15, -0.1) is 11.6 Å². The standard InChI is InChI=1S/C19H23ClN6O3/c20-13-16(28)24-4-6-25(7-5-24)18-21-17(14-2-1-3-15(27)12-14)22-19(23-18)26-8-10-29-11-9-26/h1-3,12,27H,4-11,13H2. The van der Waals surface area contributed by atoms with Crippen LogP contribution in [0, 0.1) is 0 Å². The Morgan fingerprint density at radius 3 is 2.28 bits per heavy atom. The van der Waals surface area contributed by atoms with Gasteiger partial charge in [-0.25, -0.2) is 0 Å². The number of nitrogens with zero attached hydrogens (tertiary/aromatic N) is 6. The number of anilines is 2. The maximum Gasteiger partial charge on any atom is 0.237 e. The number of ether oxygens (including phenoxy) is 1. The Balaban J connectivity index is 1.64. The van der Waals surface area contributed by atoms with Crippen molar-refractivity contribution >= 4 is 29.4 Å². The van der Waals surface area contributed by atoms with Crippen molar-refractivity contribution in [2.75, 3.05) is 68.2 Å². The van der Waals surface area contributed by atoms with Gasteiger partial charge in [-0.1, -0.05) is 12.1 Å². The van der Waals surface area contributed by atoms with E-state index in [0.717, 1.165) is 5.56 Å². The molecular weight excluding hydrogens is 396 g/mol. The third-order valence-corrected chi connectivity index (χ3v) is 5.27. The molecule has 1 aromatic heterocycles. The number of amides is 1. The van der Waals surface area contributed by atoms with Gasteiger partial charge in [0, 0.05) is 44.8 Å². The van der Waals surface area contributed by atoms with E-state index in [4.69, 9.17) is 21.3 Å². The number of piperazine rings is 1. The second-order valence-electron chi connectivity index (χ2n) is 6.91. The summed E-state index contributed by atoms with van der Waals surface area (Å²) in [5.41, 5.74) is 0.721. The highest BCUT2D eigenvalue weighted by molar-refractivity contribution is 6.27. The van der Waals surface area contributed by atoms with Crippen molar-refractivity contribution in [2.45, 2.75) is 0 Å². The second kappa shape index (κ2) is 8.79.